The predicted octanol–water partition coefficient (Wildman–Crippen LogP) is 3.18. The Balaban J connectivity index is 2.25. The van der Waals surface area contributed by atoms with Crippen LogP contribution in [0.15, 0.2) is 30.3 Å². The molecule has 0 aliphatic carbocycles. The summed E-state index contributed by atoms with van der Waals surface area (Å²) in [6, 6.07) is 10.3. The van der Waals surface area contributed by atoms with Crippen LogP contribution >= 0.6 is 11.6 Å². The maximum Gasteiger partial charge on any atom is 0.0624 e. The zero-order valence-electron chi connectivity index (χ0n) is 12.4. The van der Waals surface area contributed by atoms with E-state index in [4.69, 9.17) is 11.6 Å². The van der Waals surface area contributed by atoms with Gasteiger partial charge >= 0.3 is 0 Å². The summed E-state index contributed by atoms with van der Waals surface area (Å²) < 4.78 is 1.98. The molecular formula is C16H22ClN3. The van der Waals surface area contributed by atoms with E-state index in [0.29, 0.717) is 5.92 Å². The maximum atomic E-state index is 6.34. The Morgan fingerprint density at radius 1 is 1.35 bits per heavy atom. The predicted molar refractivity (Wildman–Crippen MR) is 84.4 cm³/mol. The van der Waals surface area contributed by atoms with Gasteiger partial charge in [-0.3, -0.25) is 4.68 Å². The van der Waals surface area contributed by atoms with Crippen LogP contribution in [0, 0.1) is 0 Å². The molecule has 3 nitrogen and oxygen atoms in total. The lowest BCUT2D eigenvalue weighted by atomic mass is 9.94. The molecule has 1 aromatic carbocycles. The van der Waals surface area contributed by atoms with Crippen molar-refractivity contribution in [1.29, 1.82) is 0 Å². The number of hydrogen-bond donors (Lipinski definition) is 1. The Kier molecular flexibility index (Phi) is 5.21. The lowest BCUT2D eigenvalue weighted by molar-refractivity contribution is 0.590. The number of halogens is 1. The van der Waals surface area contributed by atoms with E-state index in [0.717, 1.165) is 30.1 Å². The molecule has 2 aromatic rings. The van der Waals surface area contributed by atoms with Crippen LogP contribution in [-0.2, 0) is 19.9 Å². The van der Waals surface area contributed by atoms with E-state index in [-0.39, 0.29) is 0 Å². The standard InChI is InChI=1S/C16H22ClN3/c1-4-13-10-14(20(3)19-13)9-12(11-18-2)15-7-5-6-8-16(15)17/h5-8,10,12,18H,4,9,11H2,1-3H3. The van der Waals surface area contributed by atoms with Crippen molar-refractivity contribution in [3.05, 3.63) is 52.3 Å². The molecule has 0 saturated heterocycles. The molecule has 1 N–H and O–H groups in total. The average molecular weight is 292 g/mol. The molecule has 0 saturated carbocycles. The smallest absolute Gasteiger partial charge is 0.0624 e. The first-order valence-corrected chi connectivity index (χ1v) is 7.44. The third-order valence-corrected chi connectivity index (χ3v) is 3.98. The van der Waals surface area contributed by atoms with Gasteiger partial charge in [-0.15, -0.1) is 0 Å². The zero-order valence-corrected chi connectivity index (χ0v) is 13.1. The minimum atomic E-state index is 0.355. The fourth-order valence-electron chi connectivity index (χ4n) is 2.53. The number of benzene rings is 1. The Hall–Kier alpha value is -1.32. The van der Waals surface area contributed by atoms with Crippen molar-refractivity contribution in [3.63, 3.8) is 0 Å². The van der Waals surface area contributed by atoms with E-state index < -0.39 is 0 Å². The van der Waals surface area contributed by atoms with Crippen molar-refractivity contribution in [2.24, 2.45) is 7.05 Å². The molecule has 1 aromatic heterocycles. The van der Waals surface area contributed by atoms with Gasteiger partial charge in [0.2, 0.25) is 0 Å². The van der Waals surface area contributed by atoms with Gasteiger partial charge in [0.25, 0.3) is 0 Å². The maximum absolute atomic E-state index is 6.34. The molecule has 20 heavy (non-hydrogen) atoms. The molecule has 0 bridgehead atoms. The van der Waals surface area contributed by atoms with E-state index >= 15 is 0 Å². The summed E-state index contributed by atoms with van der Waals surface area (Å²) in [7, 11) is 3.99. The first-order valence-electron chi connectivity index (χ1n) is 7.06. The average Bonchev–Trinajstić information content (AvgIpc) is 2.80. The highest BCUT2D eigenvalue weighted by Gasteiger charge is 2.17. The van der Waals surface area contributed by atoms with Crippen LogP contribution in [0.2, 0.25) is 5.02 Å². The first-order chi connectivity index (χ1) is 9.65. The van der Waals surface area contributed by atoms with Crippen molar-refractivity contribution in [3.8, 4) is 0 Å². The van der Waals surface area contributed by atoms with E-state index in [2.05, 4.69) is 29.5 Å². The summed E-state index contributed by atoms with van der Waals surface area (Å²) in [6.45, 7) is 3.03. The van der Waals surface area contributed by atoms with Gasteiger partial charge in [0.05, 0.1) is 5.69 Å². The number of aromatic nitrogens is 2. The molecule has 1 atom stereocenters. The summed E-state index contributed by atoms with van der Waals surface area (Å²) >= 11 is 6.34. The fourth-order valence-corrected chi connectivity index (χ4v) is 2.82. The summed E-state index contributed by atoms with van der Waals surface area (Å²) in [4.78, 5) is 0. The number of nitrogens with zero attached hydrogens (tertiary/aromatic N) is 2. The van der Waals surface area contributed by atoms with Gasteiger partial charge in [-0.05, 0) is 37.6 Å². The largest absolute Gasteiger partial charge is 0.319 e. The van der Waals surface area contributed by atoms with Crippen molar-refractivity contribution in [1.82, 2.24) is 15.1 Å². The molecule has 0 radical (unpaired) electrons. The Labute approximate surface area is 126 Å². The second-order valence-corrected chi connectivity index (χ2v) is 5.49. The fraction of sp³-hybridized carbons (Fsp3) is 0.438. The highest BCUT2D eigenvalue weighted by atomic mass is 35.5. The van der Waals surface area contributed by atoms with Crippen molar-refractivity contribution >= 4 is 11.6 Å². The van der Waals surface area contributed by atoms with Crippen molar-refractivity contribution in [2.45, 2.75) is 25.7 Å². The molecule has 108 valence electrons. The highest BCUT2D eigenvalue weighted by molar-refractivity contribution is 6.31. The van der Waals surface area contributed by atoms with Crippen molar-refractivity contribution < 1.29 is 0 Å². The van der Waals surface area contributed by atoms with Gasteiger partial charge in [0.15, 0.2) is 0 Å². The van der Waals surface area contributed by atoms with Gasteiger partial charge in [-0.25, -0.2) is 0 Å². The van der Waals surface area contributed by atoms with E-state index in [9.17, 15) is 0 Å². The summed E-state index contributed by atoms with van der Waals surface area (Å²) in [6.07, 6.45) is 1.91. The number of rotatable bonds is 6. The Bertz CT molecular complexity index is 563. The van der Waals surface area contributed by atoms with Crippen LogP contribution in [-0.4, -0.2) is 23.4 Å². The van der Waals surface area contributed by atoms with Crippen LogP contribution in [0.3, 0.4) is 0 Å². The second-order valence-electron chi connectivity index (χ2n) is 5.08. The van der Waals surface area contributed by atoms with Crippen LogP contribution in [0.4, 0.5) is 0 Å². The molecular weight excluding hydrogens is 270 g/mol. The zero-order chi connectivity index (χ0) is 14.5. The van der Waals surface area contributed by atoms with Gasteiger partial charge in [-0.1, -0.05) is 36.7 Å². The SMILES string of the molecule is CCc1cc(CC(CNC)c2ccccc2Cl)n(C)n1. The number of aryl methyl sites for hydroxylation is 2. The third kappa shape index (κ3) is 3.41. The molecule has 1 heterocycles. The molecule has 0 fully saturated rings. The lowest BCUT2D eigenvalue weighted by Crippen LogP contribution is -2.20. The molecule has 1 unspecified atom stereocenters. The normalized spacial score (nSPS) is 12.6. The van der Waals surface area contributed by atoms with Crippen LogP contribution in [0.5, 0.6) is 0 Å². The summed E-state index contributed by atoms with van der Waals surface area (Å²) in [5.74, 6) is 0.355. The molecule has 0 spiro atoms. The summed E-state index contributed by atoms with van der Waals surface area (Å²) in [5.41, 5.74) is 3.59. The molecule has 0 amide bonds. The van der Waals surface area contributed by atoms with Crippen LogP contribution in [0.1, 0.15) is 29.8 Å². The Morgan fingerprint density at radius 2 is 2.10 bits per heavy atom. The van der Waals surface area contributed by atoms with Crippen LogP contribution in [0.25, 0.3) is 0 Å². The number of hydrogen-bond acceptors (Lipinski definition) is 2. The summed E-state index contributed by atoms with van der Waals surface area (Å²) in [5, 5.41) is 8.63. The monoisotopic (exact) mass is 291 g/mol. The van der Waals surface area contributed by atoms with E-state index in [1.165, 1.54) is 11.3 Å². The van der Waals surface area contributed by atoms with Gasteiger partial charge in [0, 0.05) is 30.2 Å². The van der Waals surface area contributed by atoms with Gasteiger partial charge in [0.1, 0.15) is 0 Å². The minimum Gasteiger partial charge on any atom is -0.319 e. The van der Waals surface area contributed by atoms with E-state index in [1.54, 1.807) is 0 Å². The first kappa shape index (κ1) is 15.1. The highest BCUT2D eigenvalue weighted by Crippen LogP contribution is 2.27. The van der Waals surface area contributed by atoms with Crippen LogP contribution < -0.4 is 5.32 Å². The lowest BCUT2D eigenvalue weighted by Gasteiger charge is -2.18. The van der Waals surface area contributed by atoms with Crippen molar-refractivity contribution in [2.75, 3.05) is 13.6 Å². The van der Waals surface area contributed by atoms with E-state index in [1.807, 2.05) is 37.0 Å². The van der Waals surface area contributed by atoms with Gasteiger partial charge in [-0.2, -0.15) is 5.10 Å². The molecule has 0 aliphatic rings. The molecule has 2 rings (SSSR count). The third-order valence-electron chi connectivity index (χ3n) is 3.64. The van der Waals surface area contributed by atoms with Gasteiger partial charge < -0.3 is 5.32 Å². The number of likely N-dealkylation sites (N-methyl/N-ethyl adjacent to an activating group) is 1. The minimum absolute atomic E-state index is 0.355. The quantitative estimate of drug-likeness (QED) is 0.886. The topological polar surface area (TPSA) is 29.9 Å². The molecule has 4 heteroatoms. The second kappa shape index (κ2) is 6.91. The number of nitrogens with one attached hydrogen (secondary N) is 1. The molecule has 0 aliphatic heterocycles. The Morgan fingerprint density at radius 3 is 2.70 bits per heavy atom.